The number of ketones is 1. The summed E-state index contributed by atoms with van der Waals surface area (Å²) in [5.74, 6) is -0.852. The predicted molar refractivity (Wildman–Crippen MR) is 153 cm³/mol. The van der Waals surface area contributed by atoms with Crippen molar-refractivity contribution in [1.29, 1.82) is 0 Å². The van der Waals surface area contributed by atoms with Gasteiger partial charge in [0.1, 0.15) is 35.3 Å². The number of hydrogen-bond donors (Lipinski definition) is 1. The van der Waals surface area contributed by atoms with Crippen LogP contribution < -0.4 is 19.1 Å². The Balaban J connectivity index is 1.50. The second-order valence-electron chi connectivity index (χ2n) is 9.42. The molecule has 0 spiro atoms. The number of para-hydroxylation sites is 1. The normalized spacial score (nSPS) is 17.3. The van der Waals surface area contributed by atoms with Crippen molar-refractivity contribution in [3.63, 3.8) is 0 Å². The van der Waals surface area contributed by atoms with E-state index < -0.39 is 29.5 Å². The molecule has 2 aliphatic rings. The highest BCUT2D eigenvalue weighted by atomic mass is 32.1. The maximum Gasteiger partial charge on any atom is 0.350 e. The molecular weight excluding hydrogens is 560 g/mol. The average Bonchev–Trinajstić information content (AvgIpc) is 3.52. The van der Waals surface area contributed by atoms with Gasteiger partial charge in [-0.05, 0) is 55.0 Å². The molecule has 42 heavy (non-hydrogen) atoms. The van der Waals surface area contributed by atoms with Gasteiger partial charge in [-0.2, -0.15) is 0 Å². The molecule has 1 atom stereocenters. The monoisotopic (exact) mass is 584 g/mol. The van der Waals surface area contributed by atoms with E-state index in [0.29, 0.717) is 47.5 Å². The first kappa shape index (κ1) is 27.0. The summed E-state index contributed by atoms with van der Waals surface area (Å²) in [5.41, 5.74) is 0.940. The number of esters is 1. The minimum absolute atomic E-state index is 0.107. The number of methoxy groups -OCH3 is 1. The second kappa shape index (κ2) is 11.0. The van der Waals surface area contributed by atoms with E-state index in [-0.39, 0.29) is 21.1 Å². The van der Waals surface area contributed by atoms with Crippen LogP contribution in [0.15, 0.2) is 78.4 Å². The number of Topliss-reactive ketones (excluding diaryl/α,β-unsaturated/α-hetero) is 1. The minimum atomic E-state index is -1.09. The number of carbonyl (C=O) groups excluding carboxylic acids is 3. The van der Waals surface area contributed by atoms with Gasteiger partial charge in [0, 0.05) is 5.56 Å². The molecule has 1 fully saturated rings. The summed E-state index contributed by atoms with van der Waals surface area (Å²) in [5, 5.41) is 11.7. The number of fused-ring (bicyclic) bond motifs is 1. The molecule has 1 saturated heterocycles. The first-order valence-electron chi connectivity index (χ1n) is 13.0. The van der Waals surface area contributed by atoms with Crippen molar-refractivity contribution in [3.8, 4) is 23.0 Å². The molecule has 0 saturated carbocycles. The molecule has 1 aromatic heterocycles. The van der Waals surface area contributed by atoms with E-state index in [1.165, 1.54) is 12.0 Å². The molecule has 11 heteroatoms. The Hall–Kier alpha value is -5.16. The molecule has 6 rings (SSSR count). The van der Waals surface area contributed by atoms with E-state index in [1.54, 1.807) is 61.5 Å². The molecule has 4 aromatic rings. The van der Waals surface area contributed by atoms with E-state index >= 15 is 0 Å². The van der Waals surface area contributed by atoms with Crippen LogP contribution in [0.5, 0.6) is 23.0 Å². The topological polar surface area (TPSA) is 124 Å². The minimum Gasteiger partial charge on any atom is -0.507 e. The van der Waals surface area contributed by atoms with E-state index in [4.69, 9.17) is 18.9 Å². The Labute approximate surface area is 244 Å². The Morgan fingerprint density at radius 2 is 1.71 bits per heavy atom. The number of aliphatic hydroxyl groups excluding tert-OH is 1. The molecule has 0 aliphatic carbocycles. The third-order valence-electron chi connectivity index (χ3n) is 6.77. The maximum absolute atomic E-state index is 13.6. The van der Waals surface area contributed by atoms with E-state index in [0.717, 1.165) is 11.3 Å². The van der Waals surface area contributed by atoms with Crippen LogP contribution in [0.2, 0.25) is 0 Å². The van der Waals surface area contributed by atoms with Gasteiger partial charge in [-0.1, -0.05) is 41.7 Å². The maximum atomic E-state index is 13.6. The van der Waals surface area contributed by atoms with E-state index in [9.17, 15) is 19.5 Å². The molecule has 1 N–H and O–H groups in total. The zero-order chi connectivity index (χ0) is 29.4. The molecule has 1 amide bonds. The lowest BCUT2D eigenvalue weighted by Crippen LogP contribution is -2.29. The fourth-order valence-electron chi connectivity index (χ4n) is 4.83. The number of ether oxygens (including phenoxy) is 4. The molecule has 1 unspecified atom stereocenters. The summed E-state index contributed by atoms with van der Waals surface area (Å²) >= 11 is 0.924. The van der Waals surface area contributed by atoms with Crippen molar-refractivity contribution in [1.82, 2.24) is 4.98 Å². The summed E-state index contributed by atoms with van der Waals surface area (Å²) < 4.78 is 22.1. The Morgan fingerprint density at radius 1 is 0.976 bits per heavy atom. The number of aliphatic hydroxyl groups is 1. The van der Waals surface area contributed by atoms with Crippen molar-refractivity contribution in [2.24, 2.45) is 0 Å². The van der Waals surface area contributed by atoms with Gasteiger partial charge in [0.25, 0.3) is 5.78 Å². The van der Waals surface area contributed by atoms with E-state index in [1.807, 2.05) is 18.2 Å². The lowest BCUT2D eigenvalue weighted by atomic mass is 9.95. The van der Waals surface area contributed by atoms with Crippen LogP contribution in [0.3, 0.4) is 0 Å². The van der Waals surface area contributed by atoms with Crippen LogP contribution in [-0.4, -0.2) is 48.1 Å². The van der Waals surface area contributed by atoms with Crippen molar-refractivity contribution >= 4 is 39.9 Å². The Morgan fingerprint density at radius 3 is 2.48 bits per heavy atom. The molecule has 0 bridgehead atoms. The van der Waals surface area contributed by atoms with Gasteiger partial charge in [-0.15, -0.1) is 0 Å². The Bertz CT molecular complexity index is 1750. The van der Waals surface area contributed by atoms with Crippen molar-refractivity contribution in [2.45, 2.75) is 13.0 Å². The first-order chi connectivity index (χ1) is 20.4. The van der Waals surface area contributed by atoms with Crippen LogP contribution in [0.1, 0.15) is 32.5 Å². The number of hydrogen-bond acceptors (Lipinski definition) is 10. The summed E-state index contributed by atoms with van der Waals surface area (Å²) in [6.45, 7) is 2.34. The lowest BCUT2D eigenvalue weighted by Gasteiger charge is -2.24. The van der Waals surface area contributed by atoms with Gasteiger partial charge in [0.15, 0.2) is 16.6 Å². The summed E-state index contributed by atoms with van der Waals surface area (Å²) in [6.07, 6.45) is 0. The van der Waals surface area contributed by atoms with Crippen LogP contribution in [-0.2, 0) is 14.3 Å². The number of benzene rings is 3. The highest BCUT2D eigenvalue weighted by molar-refractivity contribution is 7.17. The van der Waals surface area contributed by atoms with Crippen molar-refractivity contribution < 1.29 is 38.4 Å². The molecular formula is C31H24N2O8S. The largest absolute Gasteiger partial charge is 0.507 e. The highest BCUT2D eigenvalue weighted by Crippen LogP contribution is 2.45. The zero-order valence-electron chi connectivity index (χ0n) is 22.5. The van der Waals surface area contributed by atoms with E-state index in [2.05, 4.69) is 4.98 Å². The number of aromatic nitrogens is 1. The smallest absolute Gasteiger partial charge is 0.350 e. The molecule has 2 aliphatic heterocycles. The number of rotatable bonds is 6. The third-order valence-corrected chi connectivity index (χ3v) is 7.91. The van der Waals surface area contributed by atoms with Crippen molar-refractivity contribution in [2.75, 3.05) is 25.2 Å². The zero-order valence-corrected chi connectivity index (χ0v) is 23.3. The molecule has 10 nitrogen and oxygen atoms in total. The van der Waals surface area contributed by atoms with Gasteiger partial charge in [-0.25, -0.2) is 9.78 Å². The number of thiazole rings is 1. The standard InChI is InChI=1S/C31H24N2O8S/c1-17-28(30(37)38-2)42-31(32-17)33-25(18-7-6-10-21(15-18)41-20-8-4-3-5-9-20)24(27(35)29(33)36)26(34)19-11-12-22-23(16-19)40-14-13-39-22/h3-12,15-16,25,34H,13-14H2,1-2H3/b26-24+. The number of carbonyl (C=O) groups is 3. The van der Waals surface area contributed by atoms with Gasteiger partial charge < -0.3 is 24.1 Å². The summed E-state index contributed by atoms with van der Waals surface area (Å²) in [7, 11) is 1.25. The van der Waals surface area contributed by atoms with Crippen LogP contribution in [0.4, 0.5) is 5.13 Å². The number of nitrogens with zero attached hydrogens (tertiary/aromatic N) is 2. The fourth-order valence-corrected chi connectivity index (χ4v) is 5.84. The average molecular weight is 585 g/mol. The number of aryl methyl sites for hydroxylation is 1. The molecule has 3 aromatic carbocycles. The lowest BCUT2D eigenvalue weighted by molar-refractivity contribution is -0.132. The SMILES string of the molecule is COC(=O)c1sc(N2C(=O)C(=O)/C(=C(/O)c3ccc4c(c3)OCCO4)C2c2cccc(Oc3ccccc3)c2)nc1C. The van der Waals surface area contributed by atoms with Crippen LogP contribution in [0.25, 0.3) is 5.76 Å². The van der Waals surface area contributed by atoms with Gasteiger partial charge in [0.05, 0.1) is 24.4 Å². The fraction of sp³-hybridized carbons (Fsp3) is 0.161. The molecule has 3 heterocycles. The predicted octanol–water partition coefficient (Wildman–Crippen LogP) is 5.43. The van der Waals surface area contributed by atoms with Gasteiger partial charge >= 0.3 is 11.9 Å². The first-order valence-corrected chi connectivity index (χ1v) is 13.8. The number of amides is 1. The summed E-state index contributed by atoms with van der Waals surface area (Å²) in [6, 6.07) is 19.7. The third kappa shape index (κ3) is 4.83. The molecule has 212 valence electrons. The van der Waals surface area contributed by atoms with Gasteiger partial charge in [0.2, 0.25) is 0 Å². The quantitative estimate of drug-likeness (QED) is 0.137. The van der Waals surface area contributed by atoms with Gasteiger partial charge in [-0.3, -0.25) is 14.5 Å². The second-order valence-corrected chi connectivity index (χ2v) is 10.4. The Kier molecular flexibility index (Phi) is 7.09. The number of anilines is 1. The van der Waals surface area contributed by atoms with Crippen molar-refractivity contribution in [3.05, 3.63) is 100 Å². The highest BCUT2D eigenvalue weighted by Gasteiger charge is 2.48. The van der Waals surface area contributed by atoms with Crippen LogP contribution in [0, 0.1) is 6.92 Å². The molecule has 0 radical (unpaired) electrons. The van der Waals surface area contributed by atoms with Crippen LogP contribution >= 0.6 is 11.3 Å². The summed E-state index contributed by atoms with van der Waals surface area (Å²) in [4.78, 5) is 45.4.